The minimum atomic E-state index is -3.75. The third kappa shape index (κ3) is 1.95. The number of sulfonamides is 1. The molecule has 0 saturated carbocycles. The fourth-order valence-electron chi connectivity index (χ4n) is 1.60. The Kier molecular flexibility index (Phi) is 2.74. The Hall–Kier alpha value is -1.69. The first-order chi connectivity index (χ1) is 7.95. The van der Waals surface area contributed by atoms with Crippen LogP contribution < -0.4 is 0 Å². The number of hydrogen-bond donors (Lipinski definition) is 0. The second-order valence-corrected chi connectivity index (χ2v) is 5.21. The van der Waals surface area contributed by atoms with Crippen LogP contribution in [0.5, 0.6) is 0 Å². The number of rotatable bonds is 2. The summed E-state index contributed by atoms with van der Waals surface area (Å²) in [6.45, 7) is 3.61. The van der Waals surface area contributed by atoms with Crippen molar-refractivity contribution in [2.75, 3.05) is 6.61 Å². The number of benzene rings is 1. The Balaban J connectivity index is 2.58. The van der Waals surface area contributed by atoms with Crippen molar-refractivity contribution in [1.29, 1.82) is 0 Å². The first kappa shape index (κ1) is 11.8. The Morgan fingerprint density at radius 1 is 1.41 bits per heavy atom. The van der Waals surface area contributed by atoms with Crippen LogP contribution in [0.2, 0.25) is 0 Å². The van der Waals surface area contributed by atoms with E-state index in [1.54, 1.807) is 26.0 Å². The van der Waals surface area contributed by atoms with E-state index in [4.69, 9.17) is 4.74 Å². The van der Waals surface area contributed by atoms with Gasteiger partial charge in [-0.1, -0.05) is 12.1 Å². The van der Waals surface area contributed by atoms with Crippen molar-refractivity contribution >= 4 is 21.7 Å². The fraction of sp³-hybridized carbons (Fsp3) is 0.273. The SMILES string of the molecule is CCOC(=O)C1=NS(=O)(=O)c2cc(C)ccc21. The average Bonchev–Trinajstić information content (AvgIpc) is 2.51. The van der Waals surface area contributed by atoms with E-state index in [0.29, 0.717) is 5.56 Å². The summed E-state index contributed by atoms with van der Waals surface area (Å²) < 4.78 is 31.7. The molecule has 0 radical (unpaired) electrons. The lowest BCUT2D eigenvalue weighted by atomic mass is 10.1. The predicted octanol–water partition coefficient (Wildman–Crippen LogP) is 1.05. The van der Waals surface area contributed by atoms with Gasteiger partial charge in [0.05, 0.1) is 11.5 Å². The maximum atomic E-state index is 11.7. The van der Waals surface area contributed by atoms with E-state index in [1.807, 2.05) is 0 Å². The second-order valence-electron chi connectivity index (χ2n) is 3.64. The van der Waals surface area contributed by atoms with Crippen molar-refractivity contribution in [2.24, 2.45) is 4.40 Å². The Morgan fingerprint density at radius 3 is 2.76 bits per heavy atom. The van der Waals surface area contributed by atoms with Crippen molar-refractivity contribution < 1.29 is 17.9 Å². The third-order valence-corrected chi connectivity index (χ3v) is 3.67. The van der Waals surface area contributed by atoms with Gasteiger partial charge in [0, 0.05) is 5.56 Å². The van der Waals surface area contributed by atoms with Gasteiger partial charge in [-0.3, -0.25) is 0 Å². The molecule has 0 amide bonds. The first-order valence-electron chi connectivity index (χ1n) is 5.09. The van der Waals surface area contributed by atoms with Crippen LogP contribution >= 0.6 is 0 Å². The van der Waals surface area contributed by atoms with Gasteiger partial charge in [0.25, 0.3) is 10.0 Å². The van der Waals surface area contributed by atoms with Crippen molar-refractivity contribution in [2.45, 2.75) is 18.7 Å². The van der Waals surface area contributed by atoms with Gasteiger partial charge < -0.3 is 4.74 Å². The van der Waals surface area contributed by atoms with Gasteiger partial charge in [-0.2, -0.15) is 12.8 Å². The molecule has 17 heavy (non-hydrogen) atoms. The van der Waals surface area contributed by atoms with E-state index in [2.05, 4.69) is 4.40 Å². The molecule has 0 spiro atoms. The topological polar surface area (TPSA) is 72.8 Å². The zero-order chi connectivity index (χ0) is 12.6. The van der Waals surface area contributed by atoms with Crippen LogP contribution in [0, 0.1) is 6.92 Å². The smallest absolute Gasteiger partial charge is 0.358 e. The van der Waals surface area contributed by atoms with Crippen LogP contribution in [0.25, 0.3) is 0 Å². The van der Waals surface area contributed by atoms with E-state index in [0.717, 1.165) is 5.56 Å². The highest BCUT2D eigenvalue weighted by Crippen LogP contribution is 2.27. The van der Waals surface area contributed by atoms with Crippen LogP contribution in [-0.4, -0.2) is 26.7 Å². The summed E-state index contributed by atoms with van der Waals surface area (Å²) >= 11 is 0. The normalized spacial score (nSPS) is 16.2. The molecule has 5 nitrogen and oxygen atoms in total. The molecule has 0 aliphatic carbocycles. The Morgan fingerprint density at radius 2 is 2.12 bits per heavy atom. The standard InChI is InChI=1S/C11H11NO4S/c1-3-16-11(13)10-8-5-4-7(2)6-9(8)17(14,15)12-10/h4-6H,3H2,1-2H3. The number of nitrogens with zero attached hydrogens (tertiary/aromatic N) is 1. The highest BCUT2D eigenvalue weighted by molar-refractivity contribution is 7.90. The van der Waals surface area contributed by atoms with Gasteiger partial charge in [0.2, 0.25) is 0 Å². The number of fused-ring (bicyclic) bond motifs is 1. The van der Waals surface area contributed by atoms with Crippen LogP contribution in [0.3, 0.4) is 0 Å². The minimum absolute atomic E-state index is 0.0700. The molecular formula is C11H11NO4S. The largest absolute Gasteiger partial charge is 0.461 e. The van der Waals surface area contributed by atoms with Crippen LogP contribution in [0.1, 0.15) is 18.1 Å². The Labute approximate surface area is 99.2 Å². The first-order valence-corrected chi connectivity index (χ1v) is 6.53. The number of esters is 1. The lowest BCUT2D eigenvalue weighted by Gasteiger charge is -2.02. The fourth-order valence-corrected chi connectivity index (χ4v) is 2.89. The van der Waals surface area contributed by atoms with Crippen molar-refractivity contribution in [3.8, 4) is 0 Å². The molecule has 0 fully saturated rings. The maximum absolute atomic E-state index is 11.7. The molecule has 1 aliphatic rings. The molecule has 0 unspecified atom stereocenters. The monoisotopic (exact) mass is 253 g/mol. The number of carbonyl (C=O) groups is 1. The molecule has 6 heteroatoms. The zero-order valence-corrected chi connectivity index (χ0v) is 10.2. The molecule has 90 valence electrons. The van der Waals surface area contributed by atoms with Gasteiger partial charge in [-0.15, -0.1) is 0 Å². The summed E-state index contributed by atoms with van der Waals surface area (Å²) in [5.41, 5.74) is 0.975. The van der Waals surface area contributed by atoms with Crippen molar-refractivity contribution in [3.05, 3.63) is 29.3 Å². The quantitative estimate of drug-likeness (QED) is 0.738. The molecule has 0 bridgehead atoms. The van der Waals surface area contributed by atoms with Gasteiger partial charge in [0.15, 0.2) is 5.71 Å². The number of ether oxygens (including phenoxy) is 1. The van der Waals surface area contributed by atoms with Crippen molar-refractivity contribution in [3.63, 3.8) is 0 Å². The van der Waals surface area contributed by atoms with Gasteiger partial charge in [-0.25, -0.2) is 4.79 Å². The number of aryl methyl sites for hydroxylation is 1. The average molecular weight is 253 g/mol. The molecule has 1 aromatic rings. The molecule has 2 rings (SSSR count). The predicted molar refractivity (Wildman–Crippen MR) is 61.5 cm³/mol. The highest BCUT2D eigenvalue weighted by atomic mass is 32.2. The second kappa shape index (κ2) is 3.96. The minimum Gasteiger partial charge on any atom is -0.461 e. The van der Waals surface area contributed by atoms with E-state index in [9.17, 15) is 13.2 Å². The summed E-state index contributed by atoms with van der Waals surface area (Å²) in [5.74, 6) is -0.710. The van der Waals surface area contributed by atoms with Crippen LogP contribution in [0.15, 0.2) is 27.5 Å². The molecule has 0 N–H and O–H groups in total. The summed E-state index contributed by atoms with van der Waals surface area (Å²) in [4.78, 5) is 11.6. The van der Waals surface area contributed by atoms with Crippen molar-refractivity contribution in [1.82, 2.24) is 0 Å². The van der Waals surface area contributed by atoms with E-state index in [-0.39, 0.29) is 17.2 Å². The van der Waals surface area contributed by atoms with Crippen LogP contribution in [0.4, 0.5) is 0 Å². The van der Waals surface area contributed by atoms with E-state index in [1.165, 1.54) is 6.07 Å². The third-order valence-electron chi connectivity index (χ3n) is 2.35. The lowest BCUT2D eigenvalue weighted by molar-refractivity contribution is -0.134. The highest BCUT2D eigenvalue weighted by Gasteiger charge is 2.33. The maximum Gasteiger partial charge on any atom is 0.358 e. The van der Waals surface area contributed by atoms with Crippen LogP contribution in [-0.2, 0) is 19.6 Å². The lowest BCUT2D eigenvalue weighted by Crippen LogP contribution is -2.17. The summed E-state index contributed by atoms with van der Waals surface area (Å²) in [7, 11) is -3.75. The van der Waals surface area contributed by atoms with E-state index >= 15 is 0 Å². The molecule has 0 saturated heterocycles. The molecule has 1 aromatic carbocycles. The summed E-state index contributed by atoms with van der Waals surface area (Å²) in [6, 6.07) is 4.81. The molecule has 1 aliphatic heterocycles. The van der Waals surface area contributed by atoms with Gasteiger partial charge in [0.1, 0.15) is 0 Å². The summed E-state index contributed by atoms with van der Waals surface area (Å²) in [6.07, 6.45) is 0. The molecule has 0 aromatic heterocycles. The summed E-state index contributed by atoms with van der Waals surface area (Å²) in [5, 5.41) is 0. The Bertz CT molecular complexity index is 616. The number of carbonyl (C=O) groups excluding carboxylic acids is 1. The molecular weight excluding hydrogens is 242 g/mol. The molecule has 0 atom stereocenters. The van der Waals surface area contributed by atoms with Gasteiger partial charge >= 0.3 is 5.97 Å². The van der Waals surface area contributed by atoms with E-state index < -0.39 is 16.0 Å². The zero-order valence-electron chi connectivity index (χ0n) is 9.43. The molecule has 1 heterocycles. The van der Waals surface area contributed by atoms with Gasteiger partial charge in [-0.05, 0) is 25.5 Å². The number of hydrogen-bond acceptors (Lipinski definition) is 4.